The first-order valence-electron chi connectivity index (χ1n) is 10.4. The zero-order valence-corrected chi connectivity index (χ0v) is 17.1. The molecule has 31 heavy (non-hydrogen) atoms. The molecule has 0 spiro atoms. The summed E-state index contributed by atoms with van der Waals surface area (Å²) < 4.78 is 18.3. The van der Waals surface area contributed by atoms with Crippen LogP contribution < -0.4 is 26.4 Å². The summed E-state index contributed by atoms with van der Waals surface area (Å²) in [4.78, 5) is 48.7. The average Bonchev–Trinajstić information content (AvgIpc) is 3.46. The smallest absolute Gasteiger partial charge is 0.258 e. The number of nitrogens with two attached hydrogens (primary N) is 1. The number of nitrogens with one attached hydrogen (secondary N) is 3. The molecule has 2 fully saturated rings. The van der Waals surface area contributed by atoms with Gasteiger partial charge in [0.15, 0.2) is 6.61 Å². The average molecular weight is 434 g/mol. The molecule has 3 atom stereocenters. The molecule has 0 bridgehead atoms. The van der Waals surface area contributed by atoms with Crippen LogP contribution in [0, 0.1) is 17.7 Å². The Morgan fingerprint density at radius 1 is 1.10 bits per heavy atom. The van der Waals surface area contributed by atoms with E-state index in [1.54, 1.807) is 0 Å². The Morgan fingerprint density at radius 3 is 2.39 bits per heavy atom. The van der Waals surface area contributed by atoms with E-state index in [0.717, 1.165) is 12.8 Å². The van der Waals surface area contributed by atoms with Gasteiger partial charge in [-0.3, -0.25) is 19.2 Å². The van der Waals surface area contributed by atoms with E-state index in [2.05, 4.69) is 16.0 Å². The molecule has 1 saturated heterocycles. The molecular weight excluding hydrogens is 407 g/mol. The predicted molar refractivity (Wildman–Crippen MR) is 108 cm³/mol. The lowest BCUT2D eigenvalue weighted by Gasteiger charge is -2.23. The van der Waals surface area contributed by atoms with E-state index in [-0.39, 0.29) is 18.9 Å². The van der Waals surface area contributed by atoms with Crippen molar-refractivity contribution < 1.29 is 28.3 Å². The summed E-state index contributed by atoms with van der Waals surface area (Å²) in [6, 6.07) is 3.36. The van der Waals surface area contributed by atoms with Gasteiger partial charge in [-0.25, -0.2) is 4.39 Å². The van der Waals surface area contributed by atoms with Crippen LogP contribution in [0.25, 0.3) is 0 Å². The number of carbonyl (C=O) groups excluding carboxylic acids is 4. The lowest BCUT2D eigenvalue weighted by molar-refractivity contribution is -0.132. The molecule has 2 aliphatic rings. The van der Waals surface area contributed by atoms with Crippen molar-refractivity contribution in [2.75, 3.05) is 13.2 Å². The minimum absolute atomic E-state index is 0.116. The summed E-state index contributed by atoms with van der Waals surface area (Å²) >= 11 is 0. The second-order valence-corrected chi connectivity index (χ2v) is 8.02. The normalized spacial score (nSPS) is 19.8. The number of hydrogen-bond donors (Lipinski definition) is 4. The fourth-order valence-corrected chi connectivity index (χ4v) is 3.51. The van der Waals surface area contributed by atoms with Gasteiger partial charge in [0.2, 0.25) is 17.7 Å². The standard InChI is InChI=1S/C21H27FN4O5/c22-14-3-5-15(6-4-14)31-11-18(27)25-17(9-12-1-2-12)21(30)26-16(19(23)28)10-13-7-8-24-20(13)29/h3-6,12-13,16-17H,1-2,7-11H2,(H2,23,28)(H,24,29)(H,25,27)(H,26,30)/t13?,16-,17-/m0/s1. The van der Waals surface area contributed by atoms with Crippen molar-refractivity contribution in [3.63, 3.8) is 0 Å². The van der Waals surface area contributed by atoms with E-state index in [4.69, 9.17) is 10.5 Å². The van der Waals surface area contributed by atoms with Crippen LogP contribution in [0.3, 0.4) is 0 Å². The zero-order valence-electron chi connectivity index (χ0n) is 17.1. The van der Waals surface area contributed by atoms with Gasteiger partial charge in [-0.2, -0.15) is 0 Å². The van der Waals surface area contributed by atoms with Crippen LogP contribution in [0.2, 0.25) is 0 Å². The summed E-state index contributed by atoms with van der Waals surface area (Å²) in [6.45, 7) is 0.179. The van der Waals surface area contributed by atoms with Crippen LogP contribution in [0.1, 0.15) is 32.1 Å². The number of carbonyl (C=O) groups is 4. The van der Waals surface area contributed by atoms with Crippen LogP contribution >= 0.6 is 0 Å². The van der Waals surface area contributed by atoms with Gasteiger partial charge in [0.1, 0.15) is 23.7 Å². The van der Waals surface area contributed by atoms with Gasteiger partial charge in [-0.05, 0) is 49.4 Å². The summed E-state index contributed by atoms with van der Waals surface area (Å²) in [5, 5.41) is 7.91. The molecule has 1 aliphatic carbocycles. The molecule has 1 heterocycles. The van der Waals surface area contributed by atoms with E-state index in [9.17, 15) is 23.6 Å². The lowest BCUT2D eigenvalue weighted by Crippen LogP contribution is -2.54. The second kappa shape index (κ2) is 10.2. The number of primary amides is 1. The van der Waals surface area contributed by atoms with Gasteiger partial charge in [-0.15, -0.1) is 0 Å². The molecule has 1 unspecified atom stereocenters. The number of amides is 4. The highest BCUT2D eigenvalue weighted by atomic mass is 19.1. The molecule has 10 heteroatoms. The second-order valence-electron chi connectivity index (χ2n) is 8.02. The van der Waals surface area contributed by atoms with E-state index in [1.165, 1.54) is 24.3 Å². The van der Waals surface area contributed by atoms with Crippen LogP contribution in [0.4, 0.5) is 4.39 Å². The summed E-state index contributed by atoms with van der Waals surface area (Å²) in [5.41, 5.74) is 5.43. The quantitative estimate of drug-likeness (QED) is 0.388. The molecule has 1 aliphatic heterocycles. The molecule has 5 N–H and O–H groups in total. The number of ether oxygens (including phenoxy) is 1. The van der Waals surface area contributed by atoms with E-state index < -0.39 is 41.5 Å². The van der Waals surface area contributed by atoms with Crippen molar-refractivity contribution in [1.82, 2.24) is 16.0 Å². The molecule has 168 valence electrons. The van der Waals surface area contributed by atoms with E-state index in [1.807, 2.05) is 0 Å². The van der Waals surface area contributed by atoms with Crippen molar-refractivity contribution in [3.8, 4) is 5.75 Å². The minimum atomic E-state index is -1.00. The first-order chi connectivity index (χ1) is 14.8. The van der Waals surface area contributed by atoms with Crippen LogP contribution in [0.5, 0.6) is 5.75 Å². The van der Waals surface area contributed by atoms with Gasteiger partial charge >= 0.3 is 0 Å². The van der Waals surface area contributed by atoms with Gasteiger partial charge in [0, 0.05) is 12.5 Å². The fraction of sp³-hybridized carbons (Fsp3) is 0.524. The Balaban J connectivity index is 1.55. The Hall–Kier alpha value is -3.17. The maximum atomic E-state index is 12.9. The zero-order chi connectivity index (χ0) is 22.4. The molecule has 0 aromatic heterocycles. The van der Waals surface area contributed by atoms with Gasteiger partial charge in [-0.1, -0.05) is 12.8 Å². The van der Waals surface area contributed by atoms with Crippen LogP contribution in [-0.4, -0.2) is 48.9 Å². The number of rotatable bonds is 11. The third-order valence-electron chi connectivity index (χ3n) is 5.44. The Morgan fingerprint density at radius 2 is 1.81 bits per heavy atom. The van der Waals surface area contributed by atoms with Crippen molar-refractivity contribution in [1.29, 1.82) is 0 Å². The van der Waals surface area contributed by atoms with Crippen molar-refractivity contribution in [3.05, 3.63) is 30.1 Å². The third-order valence-corrected chi connectivity index (χ3v) is 5.44. The maximum Gasteiger partial charge on any atom is 0.258 e. The Kier molecular flexibility index (Phi) is 7.43. The molecule has 4 amide bonds. The van der Waals surface area contributed by atoms with Crippen molar-refractivity contribution in [2.45, 2.75) is 44.2 Å². The number of hydrogen-bond acceptors (Lipinski definition) is 5. The molecule has 3 rings (SSSR count). The van der Waals surface area contributed by atoms with Crippen molar-refractivity contribution >= 4 is 23.6 Å². The Labute approximate surface area is 179 Å². The highest BCUT2D eigenvalue weighted by Crippen LogP contribution is 2.33. The van der Waals surface area contributed by atoms with Gasteiger partial charge in [0.05, 0.1) is 0 Å². The van der Waals surface area contributed by atoms with Gasteiger partial charge in [0.25, 0.3) is 5.91 Å². The van der Waals surface area contributed by atoms with Crippen molar-refractivity contribution in [2.24, 2.45) is 17.6 Å². The fourth-order valence-electron chi connectivity index (χ4n) is 3.51. The van der Waals surface area contributed by atoms with Crippen LogP contribution in [0.15, 0.2) is 24.3 Å². The summed E-state index contributed by atoms with van der Waals surface area (Å²) in [5.74, 6) is -2.11. The molecule has 1 aromatic carbocycles. The molecule has 9 nitrogen and oxygen atoms in total. The highest BCUT2D eigenvalue weighted by molar-refractivity contribution is 5.92. The largest absolute Gasteiger partial charge is 0.484 e. The monoisotopic (exact) mass is 434 g/mol. The first kappa shape index (κ1) is 22.5. The topological polar surface area (TPSA) is 140 Å². The first-order valence-corrected chi connectivity index (χ1v) is 10.4. The molecule has 0 radical (unpaired) electrons. The highest BCUT2D eigenvalue weighted by Gasteiger charge is 2.34. The molecule has 1 saturated carbocycles. The third kappa shape index (κ3) is 6.94. The summed E-state index contributed by atoms with van der Waals surface area (Å²) in [6.07, 6.45) is 3.05. The Bertz CT molecular complexity index is 828. The van der Waals surface area contributed by atoms with Gasteiger partial charge < -0.3 is 26.4 Å². The predicted octanol–water partition coefficient (Wildman–Crippen LogP) is -0.0143. The van der Waals surface area contributed by atoms with E-state index in [0.29, 0.717) is 31.1 Å². The lowest BCUT2D eigenvalue weighted by atomic mass is 9.97. The molecular formula is C21H27FN4O5. The van der Waals surface area contributed by atoms with E-state index >= 15 is 0 Å². The SMILES string of the molecule is NC(=O)[C@H](CC1CCNC1=O)NC(=O)[C@H](CC1CC1)NC(=O)COc1ccc(F)cc1. The molecule has 1 aromatic rings. The number of halogens is 1. The maximum absolute atomic E-state index is 12.9. The van der Waals surface area contributed by atoms with Crippen LogP contribution in [-0.2, 0) is 19.2 Å². The minimum Gasteiger partial charge on any atom is -0.484 e. The summed E-state index contributed by atoms with van der Waals surface area (Å²) in [7, 11) is 0. The number of benzene rings is 1.